The van der Waals surface area contributed by atoms with Crippen molar-refractivity contribution in [1.29, 1.82) is 0 Å². The van der Waals surface area contributed by atoms with Gasteiger partial charge in [0.2, 0.25) is 0 Å². The summed E-state index contributed by atoms with van der Waals surface area (Å²) in [5, 5.41) is 5.23. The van der Waals surface area contributed by atoms with Gasteiger partial charge in [-0.3, -0.25) is 9.59 Å². The van der Waals surface area contributed by atoms with E-state index in [9.17, 15) is 18.4 Å². The number of para-hydroxylation sites is 3. The molecule has 2 amide bonds. The Kier molecular flexibility index (Phi) is 5.64. The summed E-state index contributed by atoms with van der Waals surface area (Å²) >= 11 is 0. The topological polar surface area (TPSA) is 67.4 Å². The van der Waals surface area contributed by atoms with E-state index >= 15 is 0 Å². The lowest BCUT2D eigenvalue weighted by molar-refractivity contribution is 0.102. The van der Waals surface area contributed by atoms with Crippen molar-refractivity contribution < 1.29 is 23.1 Å². The highest BCUT2D eigenvalue weighted by atomic mass is 19.1. The van der Waals surface area contributed by atoms with Crippen LogP contribution in [-0.4, -0.2) is 18.9 Å². The Hall–Kier alpha value is -3.74. The molecule has 3 rings (SSSR count). The van der Waals surface area contributed by atoms with Gasteiger partial charge in [0.1, 0.15) is 17.4 Å². The fraction of sp³-hybridized carbons (Fsp3) is 0.0476. The summed E-state index contributed by atoms with van der Waals surface area (Å²) in [4.78, 5) is 25.0. The van der Waals surface area contributed by atoms with Crippen molar-refractivity contribution in [2.24, 2.45) is 0 Å². The van der Waals surface area contributed by atoms with Crippen LogP contribution in [0.2, 0.25) is 0 Å². The minimum atomic E-state index is -0.868. The third-order valence-corrected chi connectivity index (χ3v) is 3.90. The van der Waals surface area contributed by atoms with Crippen molar-refractivity contribution in [1.82, 2.24) is 0 Å². The standard InChI is InChI=1S/C21H16F2N2O3/c1-28-19-9-5-4-8-18(19)25-21(27)16-6-2-3-7-17(16)24-20(26)13-10-14(22)12-15(23)11-13/h2-12H,1H3,(H,24,26)(H,25,27). The molecule has 3 aromatic carbocycles. The molecule has 0 atom stereocenters. The Morgan fingerprint density at radius 3 is 2.04 bits per heavy atom. The van der Waals surface area contributed by atoms with Crippen LogP contribution in [0.3, 0.4) is 0 Å². The molecule has 0 bridgehead atoms. The smallest absolute Gasteiger partial charge is 0.257 e. The van der Waals surface area contributed by atoms with Crippen LogP contribution < -0.4 is 15.4 Å². The second-order valence-corrected chi connectivity index (χ2v) is 5.81. The highest BCUT2D eigenvalue weighted by Crippen LogP contribution is 2.25. The van der Waals surface area contributed by atoms with Crippen LogP contribution in [0.4, 0.5) is 20.2 Å². The quantitative estimate of drug-likeness (QED) is 0.684. The number of amides is 2. The maximum atomic E-state index is 13.4. The lowest BCUT2D eigenvalue weighted by Crippen LogP contribution is -2.18. The first-order valence-electron chi connectivity index (χ1n) is 8.29. The molecule has 3 aromatic rings. The number of benzene rings is 3. The van der Waals surface area contributed by atoms with Crippen molar-refractivity contribution >= 4 is 23.2 Å². The van der Waals surface area contributed by atoms with E-state index in [1.54, 1.807) is 36.4 Å². The number of methoxy groups -OCH3 is 1. The predicted molar refractivity (Wildman–Crippen MR) is 102 cm³/mol. The van der Waals surface area contributed by atoms with Crippen molar-refractivity contribution in [3.05, 3.63) is 89.5 Å². The predicted octanol–water partition coefficient (Wildman–Crippen LogP) is 4.48. The van der Waals surface area contributed by atoms with Gasteiger partial charge in [-0.05, 0) is 36.4 Å². The molecule has 142 valence electrons. The molecule has 5 nitrogen and oxygen atoms in total. The van der Waals surface area contributed by atoms with Crippen molar-refractivity contribution in [3.8, 4) is 5.75 Å². The Balaban J connectivity index is 1.84. The maximum Gasteiger partial charge on any atom is 0.257 e. The molecule has 0 aromatic heterocycles. The molecule has 2 N–H and O–H groups in total. The normalized spacial score (nSPS) is 10.2. The van der Waals surface area contributed by atoms with Crippen LogP contribution in [0.25, 0.3) is 0 Å². The maximum absolute atomic E-state index is 13.4. The fourth-order valence-electron chi connectivity index (χ4n) is 2.61. The van der Waals surface area contributed by atoms with Gasteiger partial charge < -0.3 is 15.4 Å². The van der Waals surface area contributed by atoms with E-state index in [2.05, 4.69) is 10.6 Å². The summed E-state index contributed by atoms with van der Waals surface area (Å²) < 4.78 is 31.9. The molecule has 0 unspecified atom stereocenters. The third-order valence-electron chi connectivity index (χ3n) is 3.90. The van der Waals surface area contributed by atoms with Crippen LogP contribution in [0.5, 0.6) is 5.75 Å². The summed E-state index contributed by atoms with van der Waals surface area (Å²) in [6.45, 7) is 0. The first kappa shape index (κ1) is 19.0. The van der Waals surface area contributed by atoms with Crippen LogP contribution in [0.15, 0.2) is 66.7 Å². The van der Waals surface area contributed by atoms with Crippen LogP contribution in [0.1, 0.15) is 20.7 Å². The zero-order chi connectivity index (χ0) is 20.1. The number of hydrogen-bond acceptors (Lipinski definition) is 3. The fourth-order valence-corrected chi connectivity index (χ4v) is 2.61. The van der Waals surface area contributed by atoms with Gasteiger partial charge in [-0.1, -0.05) is 24.3 Å². The number of carbonyl (C=O) groups excluding carboxylic acids is 2. The summed E-state index contributed by atoms with van der Waals surface area (Å²) in [5.41, 5.74) is 0.643. The summed E-state index contributed by atoms with van der Waals surface area (Å²) in [6.07, 6.45) is 0. The Labute approximate surface area is 160 Å². The van der Waals surface area contributed by atoms with Crippen LogP contribution >= 0.6 is 0 Å². The first-order chi connectivity index (χ1) is 13.5. The summed E-state index contributed by atoms with van der Waals surface area (Å²) in [6, 6.07) is 15.7. The molecule has 0 saturated heterocycles. The second-order valence-electron chi connectivity index (χ2n) is 5.81. The van der Waals surface area contributed by atoms with Gasteiger partial charge in [-0.25, -0.2) is 8.78 Å². The van der Waals surface area contributed by atoms with Gasteiger partial charge in [-0.15, -0.1) is 0 Å². The highest BCUT2D eigenvalue weighted by Gasteiger charge is 2.16. The summed E-state index contributed by atoms with van der Waals surface area (Å²) in [5.74, 6) is -2.48. The van der Waals surface area contributed by atoms with Crippen molar-refractivity contribution in [3.63, 3.8) is 0 Å². The summed E-state index contributed by atoms with van der Waals surface area (Å²) in [7, 11) is 1.48. The lowest BCUT2D eigenvalue weighted by Gasteiger charge is -2.13. The lowest BCUT2D eigenvalue weighted by atomic mass is 10.1. The Bertz CT molecular complexity index is 1020. The molecule has 0 saturated carbocycles. The van der Waals surface area contributed by atoms with E-state index in [4.69, 9.17) is 4.74 Å². The number of rotatable bonds is 5. The zero-order valence-electron chi connectivity index (χ0n) is 14.8. The van der Waals surface area contributed by atoms with Crippen LogP contribution in [-0.2, 0) is 0 Å². The van der Waals surface area contributed by atoms with Gasteiger partial charge >= 0.3 is 0 Å². The minimum Gasteiger partial charge on any atom is -0.495 e. The number of carbonyl (C=O) groups is 2. The van der Waals surface area contributed by atoms with E-state index in [0.29, 0.717) is 17.5 Å². The number of ether oxygens (including phenoxy) is 1. The SMILES string of the molecule is COc1ccccc1NC(=O)c1ccccc1NC(=O)c1cc(F)cc(F)c1. The average Bonchev–Trinajstić information content (AvgIpc) is 2.68. The van der Waals surface area contributed by atoms with Crippen molar-refractivity contribution in [2.45, 2.75) is 0 Å². The van der Waals surface area contributed by atoms with E-state index in [0.717, 1.165) is 12.1 Å². The van der Waals surface area contributed by atoms with Gasteiger partial charge in [0.25, 0.3) is 11.8 Å². The molecule has 0 aliphatic rings. The van der Waals surface area contributed by atoms with E-state index in [1.807, 2.05) is 0 Å². The molecule has 0 fully saturated rings. The monoisotopic (exact) mass is 382 g/mol. The molecular formula is C21H16F2N2O3. The minimum absolute atomic E-state index is 0.179. The van der Waals surface area contributed by atoms with Gasteiger partial charge in [0, 0.05) is 11.6 Å². The Morgan fingerprint density at radius 1 is 0.786 bits per heavy atom. The number of hydrogen-bond donors (Lipinski definition) is 2. The molecule has 0 heterocycles. The van der Waals surface area contributed by atoms with Gasteiger partial charge in [0.05, 0.1) is 24.0 Å². The number of nitrogens with one attached hydrogen (secondary N) is 2. The first-order valence-corrected chi connectivity index (χ1v) is 8.29. The molecule has 0 spiro atoms. The van der Waals surface area contributed by atoms with E-state index in [1.165, 1.54) is 19.2 Å². The van der Waals surface area contributed by atoms with Gasteiger partial charge in [-0.2, -0.15) is 0 Å². The molecule has 28 heavy (non-hydrogen) atoms. The van der Waals surface area contributed by atoms with E-state index < -0.39 is 23.4 Å². The number of halogens is 2. The van der Waals surface area contributed by atoms with Crippen molar-refractivity contribution in [2.75, 3.05) is 17.7 Å². The second kappa shape index (κ2) is 8.30. The molecule has 7 heteroatoms. The largest absolute Gasteiger partial charge is 0.495 e. The molecular weight excluding hydrogens is 366 g/mol. The van der Waals surface area contributed by atoms with E-state index in [-0.39, 0.29) is 16.8 Å². The Morgan fingerprint density at radius 2 is 1.36 bits per heavy atom. The molecule has 0 aliphatic heterocycles. The average molecular weight is 382 g/mol. The van der Waals surface area contributed by atoms with Crippen LogP contribution in [0, 0.1) is 11.6 Å². The number of anilines is 2. The highest BCUT2D eigenvalue weighted by molar-refractivity contribution is 6.12. The molecule has 0 radical (unpaired) electrons. The third kappa shape index (κ3) is 4.32. The van der Waals surface area contributed by atoms with Gasteiger partial charge in [0.15, 0.2) is 0 Å². The zero-order valence-corrected chi connectivity index (χ0v) is 14.8. The molecule has 0 aliphatic carbocycles.